The topological polar surface area (TPSA) is 82.2 Å². The van der Waals surface area contributed by atoms with Gasteiger partial charge >= 0.3 is 0 Å². The molecule has 1 aromatic carbocycles. The summed E-state index contributed by atoms with van der Waals surface area (Å²) in [6.45, 7) is 4.53. The van der Waals surface area contributed by atoms with Crippen LogP contribution in [0.5, 0.6) is 5.75 Å². The van der Waals surface area contributed by atoms with Gasteiger partial charge in [0.15, 0.2) is 5.75 Å². The number of aromatic nitrogens is 2. The Bertz CT molecular complexity index is 575. The summed E-state index contributed by atoms with van der Waals surface area (Å²) >= 11 is 0. The standard InChI is InChI=1S/C14H18N4O2/c1-10(2)18-8-13(7-16-18)20-9-11-3-5-12(6-4-11)14(19)17-15/h3-8,10H,9,15H2,1-2H3,(H,17,19). The van der Waals surface area contributed by atoms with E-state index in [2.05, 4.69) is 24.4 Å². The van der Waals surface area contributed by atoms with Crippen LogP contribution in [0.15, 0.2) is 36.7 Å². The van der Waals surface area contributed by atoms with Crippen molar-refractivity contribution in [1.29, 1.82) is 0 Å². The quantitative estimate of drug-likeness (QED) is 0.493. The summed E-state index contributed by atoms with van der Waals surface area (Å²) in [5.41, 5.74) is 3.58. The largest absolute Gasteiger partial charge is 0.486 e. The van der Waals surface area contributed by atoms with Crippen molar-refractivity contribution < 1.29 is 9.53 Å². The van der Waals surface area contributed by atoms with Crippen molar-refractivity contribution in [3.05, 3.63) is 47.8 Å². The number of carbonyl (C=O) groups excluding carboxylic acids is 1. The summed E-state index contributed by atoms with van der Waals surface area (Å²) in [5.74, 6) is 5.48. The minimum atomic E-state index is -0.310. The Balaban J connectivity index is 1.95. The monoisotopic (exact) mass is 274 g/mol. The number of nitrogens with two attached hydrogens (primary N) is 1. The van der Waals surface area contributed by atoms with Gasteiger partial charge in [-0.05, 0) is 31.5 Å². The van der Waals surface area contributed by atoms with Gasteiger partial charge in [0.25, 0.3) is 5.91 Å². The number of hydrazine groups is 1. The summed E-state index contributed by atoms with van der Waals surface area (Å²) in [5, 5.41) is 4.20. The van der Waals surface area contributed by atoms with Crippen molar-refractivity contribution in [3.63, 3.8) is 0 Å². The molecule has 0 bridgehead atoms. The van der Waals surface area contributed by atoms with Gasteiger partial charge in [0.1, 0.15) is 6.61 Å². The molecule has 2 aromatic rings. The predicted octanol–water partition coefficient (Wildman–Crippen LogP) is 1.65. The number of nitrogens with zero attached hydrogens (tertiary/aromatic N) is 2. The summed E-state index contributed by atoms with van der Waals surface area (Å²) in [4.78, 5) is 11.3. The number of amides is 1. The highest BCUT2D eigenvalue weighted by atomic mass is 16.5. The molecule has 0 unspecified atom stereocenters. The molecule has 1 aromatic heterocycles. The first-order valence-corrected chi connectivity index (χ1v) is 6.37. The number of nitrogen functional groups attached to an aromatic ring is 1. The number of carbonyl (C=O) groups is 1. The van der Waals surface area contributed by atoms with E-state index < -0.39 is 0 Å². The molecule has 0 aliphatic heterocycles. The maximum absolute atomic E-state index is 11.3. The van der Waals surface area contributed by atoms with Crippen LogP contribution in [-0.4, -0.2) is 15.7 Å². The Hall–Kier alpha value is -2.34. The van der Waals surface area contributed by atoms with Gasteiger partial charge in [-0.15, -0.1) is 0 Å². The van der Waals surface area contributed by atoms with E-state index in [4.69, 9.17) is 10.6 Å². The van der Waals surface area contributed by atoms with Crippen LogP contribution in [0.1, 0.15) is 35.8 Å². The second-order valence-corrected chi connectivity index (χ2v) is 4.71. The third-order valence-electron chi connectivity index (χ3n) is 2.86. The third-order valence-corrected chi connectivity index (χ3v) is 2.86. The average Bonchev–Trinajstić information content (AvgIpc) is 2.94. The van der Waals surface area contributed by atoms with E-state index in [-0.39, 0.29) is 5.91 Å². The van der Waals surface area contributed by atoms with Crippen LogP contribution < -0.4 is 16.0 Å². The van der Waals surface area contributed by atoms with Crippen molar-refractivity contribution in [3.8, 4) is 5.75 Å². The van der Waals surface area contributed by atoms with Crippen LogP contribution in [0.2, 0.25) is 0 Å². The maximum Gasteiger partial charge on any atom is 0.265 e. The first kappa shape index (κ1) is 14.1. The zero-order chi connectivity index (χ0) is 14.5. The molecule has 0 saturated heterocycles. The SMILES string of the molecule is CC(C)n1cc(OCc2ccc(C(=O)NN)cc2)cn1. The molecule has 0 aliphatic rings. The lowest BCUT2D eigenvalue weighted by atomic mass is 10.1. The maximum atomic E-state index is 11.3. The molecule has 6 heteroatoms. The molecule has 0 aliphatic carbocycles. The highest BCUT2D eigenvalue weighted by molar-refractivity contribution is 5.93. The van der Waals surface area contributed by atoms with Crippen LogP contribution in [0.25, 0.3) is 0 Å². The number of benzene rings is 1. The number of nitrogens with one attached hydrogen (secondary N) is 1. The predicted molar refractivity (Wildman–Crippen MR) is 75.0 cm³/mol. The van der Waals surface area contributed by atoms with Crippen molar-refractivity contribution >= 4 is 5.91 Å². The molecule has 0 atom stereocenters. The van der Waals surface area contributed by atoms with E-state index >= 15 is 0 Å². The Kier molecular flexibility index (Phi) is 4.37. The number of rotatable bonds is 5. The average molecular weight is 274 g/mol. The normalized spacial score (nSPS) is 10.6. The van der Waals surface area contributed by atoms with E-state index in [9.17, 15) is 4.79 Å². The van der Waals surface area contributed by atoms with Crippen LogP contribution in [0.4, 0.5) is 0 Å². The van der Waals surface area contributed by atoms with Gasteiger partial charge in [-0.25, -0.2) is 5.84 Å². The van der Waals surface area contributed by atoms with Gasteiger partial charge in [-0.3, -0.25) is 14.9 Å². The molecule has 20 heavy (non-hydrogen) atoms. The molecule has 2 rings (SSSR count). The number of hydrogen-bond acceptors (Lipinski definition) is 4. The molecule has 1 amide bonds. The highest BCUT2D eigenvalue weighted by Crippen LogP contribution is 2.14. The van der Waals surface area contributed by atoms with Gasteiger partial charge in [-0.1, -0.05) is 12.1 Å². The Morgan fingerprint density at radius 1 is 1.40 bits per heavy atom. The summed E-state index contributed by atoms with van der Waals surface area (Å²) in [6.07, 6.45) is 3.55. The zero-order valence-corrected chi connectivity index (χ0v) is 11.5. The zero-order valence-electron chi connectivity index (χ0n) is 11.5. The summed E-state index contributed by atoms with van der Waals surface area (Å²) in [7, 11) is 0. The van der Waals surface area contributed by atoms with Crippen LogP contribution in [0, 0.1) is 0 Å². The van der Waals surface area contributed by atoms with E-state index in [1.165, 1.54) is 0 Å². The summed E-state index contributed by atoms with van der Waals surface area (Å²) in [6, 6.07) is 7.38. The lowest BCUT2D eigenvalue weighted by molar-refractivity contribution is 0.0953. The van der Waals surface area contributed by atoms with Crippen LogP contribution in [-0.2, 0) is 6.61 Å². The molecular formula is C14H18N4O2. The summed E-state index contributed by atoms with van der Waals surface area (Å²) < 4.78 is 7.48. The van der Waals surface area contributed by atoms with Crippen molar-refractivity contribution in [2.45, 2.75) is 26.5 Å². The van der Waals surface area contributed by atoms with Gasteiger partial charge in [0, 0.05) is 11.6 Å². The molecule has 0 fully saturated rings. The van der Waals surface area contributed by atoms with E-state index in [0.29, 0.717) is 18.2 Å². The lowest BCUT2D eigenvalue weighted by Gasteiger charge is -2.05. The van der Waals surface area contributed by atoms with Crippen molar-refractivity contribution in [2.24, 2.45) is 5.84 Å². The second kappa shape index (κ2) is 6.21. The van der Waals surface area contributed by atoms with E-state index in [0.717, 1.165) is 11.3 Å². The number of ether oxygens (including phenoxy) is 1. The molecule has 0 radical (unpaired) electrons. The van der Waals surface area contributed by atoms with Gasteiger partial charge in [-0.2, -0.15) is 5.10 Å². The van der Waals surface area contributed by atoms with Crippen molar-refractivity contribution in [1.82, 2.24) is 15.2 Å². The molecule has 106 valence electrons. The highest BCUT2D eigenvalue weighted by Gasteiger charge is 2.05. The van der Waals surface area contributed by atoms with E-state index in [1.807, 2.05) is 23.0 Å². The first-order valence-electron chi connectivity index (χ1n) is 6.37. The van der Waals surface area contributed by atoms with Gasteiger partial charge in [0.05, 0.1) is 12.4 Å². The van der Waals surface area contributed by atoms with Gasteiger partial charge in [0.2, 0.25) is 0 Å². The molecule has 3 N–H and O–H groups in total. The smallest absolute Gasteiger partial charge is 0.265 e. The number of hydrogen-bond donors (Lipinski definition) is 2. The fourth-order valence-corrected chi connectivity index (χ4v) is 1.68. The Labute approximate surface area is 117 Å². The lowest BCUT2D eigenvalue weighted by Crippen LogP contribution is -2.29. The Morgan fingerprint density at radius 3 is 2.65 bits per heavy atom. The Morgan fingerprint density at radius 2 is 2.10 bits per heavy atom. The van der Waals surface area contributed by atoms with Crippen LogP contribution >= 0.6 is 0 Å². The minimum absolute atomic E-state index is 0.307. The first-order chi connectivity index (χ1) is 9.60. The third kappa shape index (κ3) is 3.36. The van der Waals surface area contributed by atoms with E-state index in [1.54, 1.807) is 18.3 Å². The fourth-order valence-electron chi connectivity index (χ4n) is 1.68. The van der Waals surface area contributed by atoms with Gasteiger partial charge < -0.3 is 4.74 Å². The fraction of sp³-hybridized carbons (Fsp3) is 0.286. The molecule has 0 saturated carbocycles. The van der Waals surface area contributed by atoms with Crippen molar-refractivity contribution in [2.75, 3.05) is 0 Å². The molecule has 0 spiro atoms. The molecule has 6 nitrogen and oxygen atoms in total. The molecule has 1 heterocycles. The minimum Gasteiger partial charge on any atom is -0.486 e. The molecular weight excluding hydrogens is 256 g/mol. The second-order valence-electron chi connectivity index (χ2n) is 4.71. The van der Waals surface area contributed by atoms with Crippen LogP contribution in [0.3, 0.4) is 0 Å².